The number of carboxylic acid groups (broad SMARTS) is 1. The lowest BCUT2D eigenvalue weighted by atomic mass is 9.78. The summed E-state index contributed by atoms with van der Waals surface area (Å²) in [6.45, 7) is 6.37. The summed E-state index contributed by atoms with van der Waals surface area (Å²) in [6, 6.07) is 2.23. The van der Waals surface area contributed by atoms with Crippen molar-refractivity contribution in [1.82, 2.24) is 14.8 Å². The van der Waals surface area contributed by atoms with Crippen molar-refractivity contribution in [2.75, 3.05) is 4.90 Å². The van der Waals surface area contributed by atoms with Gasteiger partial charge in [0.25, 0.3) is 0 Å². The van der Waals surface area contributed by atoms with Crippen molar-refractivity contribution < 1.29 is 14.7 Å². The summed E-state index contributed by atoms with van der Waals surface area (Å²) in [5.41, 5.74) is 2.06. The minimum absolute atomic E-state index is 0.00189. The third kappa shape index (κ3) is 4.65. The molecule has 1 saturated carbocycles. The first-order valence-corrected chi connectivity index (χ1v) is 12.3. The number of hydrogen-bond donors (Lipinski definition) is 1. The van der Waals surface area contributed by atoms with Crippen LogP contribution in [-0.4, -0.2) is 37.8 Å². The van der Waals surface area contributed by atoms with Gasteiger partial charge in [-0.25, -0.2) is 14.5 Å². The zero-order valence-electron chi connectivity index (χ0n) is 19.1. The number of hydrogen-bond acceptors (Lipinski definition) is 5. The fourth-order valence-corrected chi connectivity index (χ4v) is 5.92. The molecule has 0 aliphatic heterocycles. The molecule has 2 aromatic heterocycles. The van der Waals surface area contributed by atoms with Crippen molar-refractivity contribution >= 4 is 34.5 Å². The molecule has 0 atom stereocenters. The van der Waals surface area contributed by atoms with Gasteiger partial charge in [-0.05, 0) is 62.0 Å². The Hall–Kier alpha value is -2.48. The zero-order valence-corrected chi connectivity index (χ0v) is 19.9. The van der Waals surface area contributed by atoms with Gasteiger partial charge in [0.05, 0.1) is 11.7 Å². The fraction of sp³-hybridized carbons (Fsp3) is 0.583. The first-order valence-electron chi connectivity index (χ1n) is 11.5. The molecule has 1 amide bonds. The van der Waals surface area contributed by atoms with Crippen LogP contribution in [0.15, 0.2) is 24.8 Å². The highest BCUT2D eigenvalue weighted by molar-refractivity contribution is 7.15. The average Bonchev–Trinajstić information content (AvgIpc) is 3.45. The van der Waals surface area contributed by atoms with Crippen LogP contribution < -0.4 is 4.90 Å². The molecule has 0 bridgehead atoms. The summed E-state index contributed by atoms with van der Waals surface area (Å²) in [5.74, 6) is -0.974. The van der Waals surface area contributed by atoms with Crippen molar-refractivity contribution in [2.45, 2.75) is 84.2 Å². The lowest BCUT2D eigenvalue weighted by Crippen LogP contribution is -2.43. The highest BCUT2D eigenvalue weighted by Gasteiger charge is 2.34. The van der Waals surface area contributed by atoms with Crippen molar-refractivity contribution in [2.24, 2.45) is 5.41 Å². The molecule has 0 spiro atoms. The Balaban J connectivity index is 1.62. The maximum absolute atomic E-state index is 13.1. The maximum atomic E-state index is 13.1. The number of rotatable bonds is 6. The van der Waals surface area contributed by atoms with Gasteiger partial charge in [0.15, 0.2) is 0 Å². The molecule has 2 aliphatic carbocycles. The van der Waals surface area contributed by atoms with Gasteiger partial charge in [-0.15, -0.1) is 11.3 Å². The lowest BCUT2D eigenvalue weighted by molar-refractivity contribution is -0.119. The number of anilines is 1. The van der Waals surface area contributed by atoms with Gasteiger partial charge in [-0.1, -0.05) is 26.8 Å². The molecule has 0 radical (unpaired) electrons. The standard InChI is InChI=1S/C24H32N4O3S/c1-4-21(29)28(18-7-5-17(6-8-18)27-15-25-14-26-27)19-13-20(32-22(19)23(30)31)16-9-11-24(2,3)12-10-16/h9,13-15,17-18H,4-8,10-12H2,1-3H3,(H,30,31). The second kappa shape index (κ2) is 9.17. The molecule has 2 aliphatic rings. The van der Waals surface area contributed by atoms with Crippen LogP contribution in [0.3, 0.4) is 0 Å². The number of aromatic carboxylic acids is 1. The first-order chi connectivity index (χ1) is 15.3. The fourth-order valence-electron chi connectivity index (χ4n) is 4.86. The number of amides is 1. The predicted molar refractivity (Wildman–Crippen MR) is 126 cm³/mol. The molecule has 0 unspecified atom stereocenters. The van der Waals surface area contributed by atoms with Crippen molar-refractivity contribution in [1.29, 1.82) is 0 Å². The molecule has 8 heteroatoms. The predicted octanol–water partition coefficient (Wildman–Crippen LogP) is 5.56. The Labute approximate surface area is 193 Å². The molecular weight excluding hydrogens is 424 g/mol. The van der Waals surface area contributed by atoms with E-state index in [1.165, 1.54) is 16.9 Å². The summed E-state index contributed by atoms with van der Waals surface area (Å²) in [5, 5.41) is 14.2. The number of carboxylic acids is 1. The van der Waals surface area contributed by atoms with Gasteiger partial charge in [-0.2, -0.15) is 5.10 Å². The van der Waals surface area contributed by atoms with Crippen LogP contribution in [0.1, 0.15) is 92.7 Å². The van der Waals surface area contributed by atoms with Crippen molar-refractivity contribution in [3.8, 4) is 0 Å². The van der Waals surface area contributed by atoms with E-state index in [0.29, 0.717) is 12.1 Å². The van der Waals surface area contributed by atoms with E-state index < -0.39 is 5.97 Å². The van der Waals surface area contributed by atoms with Gasteiger partial charge in [0.2, 0.25) is 5.91 Å². The second-order valence-electron chi connectivity index (χ2n) is 9.68. The van der Waals surface area contributed by atoms with Crippen LogP contribution >= 0.6 is 11.3 Å². The molecule has 32 heavy (non-hydrogen) atoms. The molecule has 0 saturated heterocycles. The van der Waals surface area contributed by atoms with Crippen LogP contribution in [-0.2, 0) is 4.79 Å². The van der Waals surface area contributed by atoms with Crippen LogP contribution in [0, 0.1) is 5.41 Å². The van der Waals surface area contributed by atoms with Crippen LogP contribution in [0.5, 0.6) is 0 Å². The Kier molecular flexibility index (Phi) is 6.51. The van der Waals surface area contributed by atoms with Gasteiger partial charge in [0, 0.05) is 17.3 Å². The minimum Gasteiger partial charge on any atom is -0.477 e. The molecule has 1 N–H and O–H groups in total. The van der Waals surface area contributed by atoms with Crippen molar-refractivity contribution in [3.05, 3.63) is 34.6 Å². The third-order valence-corrected chi connectivity index (χ3v) is 8.06. The summed E-state index contributed by atoms with van der Waals surface area (Å²) < 4.78 is 1.89. The average molecular weight is 457 g/mol. The van der Waals surface area contributed by atoms with E-state index >= 15 is 0 Å². The van der Waals surface area contributed by atoms with Gasteiger partial charge >= 0.3 is 5.97 Å². The lowest BCUT2D eigenvalue weighted by Gasteiger charge is -2.36. The van der Waals surface area contributed by atoms with Crippen molar-refractivity contribution in [3.63, 3.8) is 0 Å². The zero-order chi connectivity index (χ0) is 22.9. The highest BCUT2D eigenvalue weighted by atomic mass is 32.1. The Bertz CT molecular complexity index is 1000. The van der Waals surface area contributed by atoms with Crippen LogP contribution in [0.2, 0.25) is 0 Å². The topological polar surface area (TPSA) is 88.3 Å². The third-order valence-electron chi connectivity index (χ3n) is 6.87. The number of nitrogens with zero attached hydrogens (tertiary/aromatic N) is 4. The molecule has 2 heterocycles. The van der Waals surface area contributed by atoms with E-state index in [9.17, 15) is 14.7 Å². The van der Waals surface area contributed by atoms with Crippen LogP contribution in [0.4, 0.5) is 5.69 Å². The van der Waals surface area contributed by atoms with E-state index in [-0.39, 0.29) is 28.3 Å². The number of allylic oxidation sites excluding steroid dienone is 2. The first kappa shape index (κ1) is 22.7. The quantitative estimate of drug-likeness (QED) is 0.615. The number of aromatic nitrogens is 3. The second-order valence-corrected chi connectivity index (χ2v) is 10.7. The Morgan fingerprint density at radius 2 is 2.03 bits per heavy atom. The summed E-state index contributed by atoms with van der Waals surface area (Å²) >= 11 is 1.31. The SMILES string of the molecule is CCC(=O)N(c1cc(C2=CCC(C)(C)CC2)sc1C(=O)O)C1CCC(n2cncn2)CC1. The molecule has 1 fully saturated rings. The molecule has 0 aromatic carbocycles. The van der Waals surface area contributed by atoms with Crippen LogP contribution in [0.25, 0.3) is 5.57 Å². The molecule has 4 rings (SSSR count). The molecule has 172 valence electrons. The normalized spacial score (nSPS) is 22.9. The summed E-state index contributed by atoms with van der Waals surface area (Å²) in [7, 11) is 0. The maximum Gasteiger partial charge on any atom is 0.348 e. The van der Waals surface area contributed by atoms with E-state index in [4.69, 9.17) is 0 Å². The smallest absolute Gasteiger partial charge is 0.348 e. The molecule has 2 aromatic rings. The summed E-state index contributed by atoms with van der Waals surface area (Å²) in [6.07, 6.45) is 12.3. The van der Waals surface area contributed by atoms with Gasteiger partial charge < -0.3 is 10.0 Å². The monoisotopic (exact) mass is 456 g/mol. The van der Waals surface area contributed by atoms with E-state index in [0.717, 1.165) is 49.8 Å². The molecular formula is C24H32N4O3S. The highest BCUT2D eigenvalue weighted by Crippen LogP contribution is 2.44. The Morgan fingerprint density at radius 1 is 1.28 bits per heavy atom. The largest absolute Gasteiger partial charge is 0.477 e. The summed E-state index contributed by atoms with van der Waals surface area (Å²) in [4.78, 5) is 32.3. The van der Waals surface area contributed by atoms with E-state index in [1.807, 2.05) is 17.7 Å². The van der Waals surface area contributed by atoms with E-state index in [1.54, 1.807) is 17.6 Å². The number of carbonyl (C=O) groups excluding carboxylic acids is 1. The van der Waals surface area contributed by atoms with Gasteiger partial charge in [-0.3, -0.25) is 4.79 Å². The number of carbonyl (C=O) groups is 2. The van der Waals surface area contributed by atoms with E-state index in [2.05, 4.69) is 30.0 Å². The number of thiophene rings is 1. The van der Waals surface area contributed by atoms with Gasteiger partial charge in [0.1, 0.15) is 17.5 Å². The minimum atomic E-state index is -0.960. The molecule has 7 nitrogen and oxygen atoms in total. The Morgan fingerprint density at radius 3 is 2.59 bits per heavy atom.